The normalized spacial score (nSPS) is 10.0. The molecule has 0 spiro atoms. The summed E-state index contributed by atoms with van der Waals surface area (Å²) in [5, 5.41) is 0. The summed E-state index contributed by atoms with van der Waals surface area (Å²) in [6.45, 7) is 4.42. The predicted molar refractivity (Wildman–Crippen MR) is 36.3 cm³/mol. The molecule has 10 heavy (non-hydrogen) atoms. The molecule has 0 N–H and O–H groups in total. The minimum atomic E-state index is -5.67. The van der Waals surface area contributed by atoms with Gasteiger partial charge in [-0.3, -0.25) is 0 Å². The van der Waals surface area contributed by atoms with Crippen LogP contribution < -0.4 is 0 Å². The Morgan fingerprint density at radius 3 is 1.30 bits per heavy atom. The zero-order chi connectivity index (χ0) is 8.62. The molecule has 0 saturated carbocycles. The molecule has 0 amide bonds. The molecule has 0 aliphatic heterocycles. The van der Waals surface area contributed by atoms with Gasteiger partial charge in [-0.1, -0.05) is 40.9 Å². The van der Waals surface area contributed by atoms with Crippen LogP contribution >= 0.6 is 0 Å². The lowest BCUT2D eigenvalue weighted by Gasteiger charge is -1.79. The van der Waals surface area contributed by atoms with Gasteiger partial charge in [-0.2, -0.15) is 8.42 Å². The monoisotopic (exact) mass is 174 g/mol. The van der Waals surface area contributed by atoms with Crippen molar-refractivity contribution in [2.24, 2.45) is 0 Å². The summed E-state index contributed by atoms with van der Waals surface area (Å²) >= 11 is 0. The Labute approximate surface area is 60.8 Å². The highest BCUT2D eigenvalue weighted by Crippen LogP contribution is 1.88. The summed E-state index contributed by atoms with van der Waals surface area (Å²) in [5.41, 5.74) is 0. The Hall–Kier alpha value is -0.190. The van der Waals surface area contributed by atoms with Gasteiger partial charge in [0.15, 0.2) is 0 Å². The maximum atomic E-state index is 9.99. The van der Waals surface area contributed by atoms with E-state index < -0.39 is 10.6 Å². The van der Waals surface area contributed by atoms with E-state index in [1.807, 2.05) is 0 Å². The summed E-state index contributed by atoms with van der Waals surface area (Å²) in [5.74, 6) is 0. The first kappa shape index (κ1) is 12.5. The zero-order valence-electron chi connectivity index (χ0n) is 6.10. The summed E-state index contributed by atoms with van der Waals surface area (Å²) < 4.78 is 36.6. The standard InChI is InChI=1S/C5H12.F2O2S/c1-3-5-4-2;1-5(2,3)4/h3-5H2,1-2H3;. The molecule has 0 fully saturated rings. The molecule has 5 heteroatoms. The molecular formula is C5H12F2O2S. The van der Waals surface area contributed by atoms with Crippen molar-refractivity contribution in [2.45, 2.75) is 33.1 Å². The van der Waals surface area contributed by atoms with Gasteiger partial charge in [0.1, 0.15) is 0 Å². The fourth-order valence-electron chi connectivity index (χ4n) is 0.354. The van der Waals surface area contributed by atoms with Crippen LogP contribution in [0.25, 0.3) is 0 Å². The van der Waals surface area contributed by atoms with Gasteiger partial charge >= 0.3 is 10.6 Å². The highest BCUT2D eigenvalue weighted by molar-refractivity contribution is 7.81. The van der Waals surface area contributed by atoms with E-state index in [4.69, 9.17) is 8.42 Å². The van der Waals surface area contributed by atoms with Crippen molar-refractivity contribution < 1.29 is 16.2 Å². The molecule has 0 aliphatic carbocycles. The number of rotatable bonds is 2. The fourth-order valence-corrected chi connectivity index (χ4v) is 0.354. The fraction of sp³-hybridized carbons (Fsp3) is 1.00. The second-order valence-electron chi connectivity index (χ2n) is 1.73. The van der Waals surface area contributed by atoms with Crippen LogP contribution in [0.5, 0.6) is 0 Å². The third kappa shape index (κ3) is 111. The topological polar surface area (TPSA) is 34.1 Å². The van der Waals surface area contributed by atoms with Gasteiger partial charge in [0, 0.05) is 0 Å². The molecule has 0 saturated heterocycles. The average Bonchev–Trinajstić information content (AvgIpc) is 1.63. The minimum absolute atomic E-state index is 1.34. The van der Waals surface area contributed by atoms with Crippen molar-refractivity contribution in [3.63, 3.8) is 0 Å². The molecule has 0 heterocycles. The van der Waals surface area contributed by atoms with E-state index in [2.05, 4.69) is 13.8 Å². The summed E-state index contributed by atoms with van der Waals surface area (Å²) in [6, 6.07) is 0. The van der Waals surface area contributed by atoms with Crippen LogP contribution in [0.1, 0.15) is 33.1 Å². The van der Waals surface area contributed by atoms with Crippen LogP contribution in [-0.2, 0) is 10.6 Å². The van der Waals surface area contributed by atoms with Gasteiger partial charge < -0.3 is 0 Å². The Bertz CT molecular complexity index is 132. The molecule has 0 radical (unpaired) electrons. The van der Waals surface area contributed by atoms with Crippen LogP contribution in [0, 0.1) is 0 Å². The van der Waals surface area contributed by atoms with Gasteiger partial charge in [-0.05, 0) is 0 Å². The van der Waals surface area contributed by atoms with Gasteiger partial charge in [-0.25, -0.2) is 0 Å². The van der Waals surface area contributed by atoms with E-state index in [9.17, 15) is 7.77 Å². The van der Waals surface area contributed by atoms with Crippen molar-refractivity contribution in [2.75, 3.05) is 0 Å². The van der Waals surface area contributed by atoms with E-state index in [0.717, 1.165) is 0 Å². The van der Waals surface area contributed by atoms with E-state index in [1.165, 1.54) is 19.3 Å². The molecule has 2 nitrogen and oxygen atoms in total. The molecule has 0 aromatic carbocycles. The van der Waals surface area contributed by atoms with Crippen LogP contribution in [0.3, 0.4) is 0 Å². The molecule has 0 bridgehead atoms. The van der Waals surface area contributed by atoms with E-state index in [0.29, 0.717) is 0 Å². The average molecular weight is 174 g/mol. The minimum Gasteiger partial charge on any atom is -0.160 e. The Morgan fingerprint density at radius 2 is 1.30 bits per heavy atom. The van der Waals surface area contributed by atoms with E-state index >= 15 is 0 Å². The third-order valence-corrected chi connectivity index (χ3v) is 0.707. The summed E-state index contributed by atoms with van der Waals surface area (Å²) in [6.07, 6.45) is 4.08. The molecule has 0 rings (SSSR count). The van der Waals surface area contributed by atoms with Crippen molar-refractivity contribution in [1.82, 2.24) is 0 Å². The van der Waals surface area contributed by atoms with Gasteiger partial charge in [0.25, 0.3) is 0 Å². The number of unbranched alkanes of at least 4 members (excludes halogenated alkanes) is 2. The quantitative estimate of drug-likeness (QED) is 0.602. The number of hydrogen-bond acceptors (Lipinski definition) is 2. The second kappa shape index (κ2) is 6.92. The van der Waals surface area contributed by atoms with Crippen molar-refractivity contribution in [3.8, 4) is 0 Å². The largest absolute Gasteiger partial charge is 0.476 e. The van der Waals surface area contributed by atoms with Crippen LogP contribution in [0.15, 0.2) is 0 Å². The van der Waals surface area contributed by atoms with Crippen LogP contribution in [-0.4, -0.2) is 8.42 Å². The first-order valence-corrected chi connectivity index (χ1v) is 4.34. The smallest absolute Gasteiger partial charge is 0.160 e. The zero-order valence-corrected chi connectivity index (χ0v) is 6.92. The number of halogens is 2. The molecule has 0 atom stereocenters. The lowest BCUT2D eigenvalue weighted by atomic mass is 10.3. The molecule has 0 aromatic rings. The first-order valence-electron chi connectivity index (χ1n) is 3.06. The van der Waals surface area contributed by atoms with E-state index in [1.54, 1.807) is 0 Å². The Morgan fingerprint density at radius 1 is 1.10 bits per heavy atom. The first-order chi connectivity index (χ1) is 4.41. The van der Waals surface area contributed by atoms with Crippen LogP contribution in [0.4, 0.5) is 7.77 Å². The second-order valence-corrected chi connectivity index (χ2v) is 2.49. The van der Waals surface area contributed by atoms with Crippen molar-refractivity contribution in [1.29, 1.82) is 0 Å². The molecule has 0 aromatic heterocycles. The predicted octanol–water partition coefficient (Wildman–Crippen LogP) is 2.37. The van der Waals surface area contributed by atoms with Gasteiger partial charge in [-0.15, -0.1) is 0 Å². The van der Waals surface area contributed by atoms with Crippen molar-refractivity contribution >= 4 is 10.6 Å². The van der Waals surface area contributed by atoms with Crippen LogP contribution in [0.2, 0.25) is 0 Å². The third-order valence-electron chi connectivity index (χ3n) is 0.707. The highest BCUT2D eigenvalue weighted by atomic mass is 32.3. The maximum absolute atomic E-state index is 9.99. The summed E-state index contributed by atoms with van der Waals surface area (Å²) in [4.78, 5) is 0. The lowest BCUT2D eigenvalue weighted by molar-refractivity contribution is 0.501. The maximum Gasteiger partial charge on any atom is 0.476 e. The molecule has 0 aliphatic rings. The Balaban J connectivity index is 0. The van der Waals surface area contributed by atoms with E-state index in [-0.39, 0.29) is 0 Å². The van der Waals surface area contributed by atoms with Gasteiger partial charge in [0.2, 0.25) is 0 Å². The molecular weight excluding hydrogens is 162 g/mol. The number of hydrogen-bond donors (Lipinski definition) is 0. The van der Waals surface area contributed by atoms with Gasteiger partial charge in [0.05, 0.1) is 0 Å². The lowest BCUT2D eigenvalue weighted by Crippen LogP contribution is -1.69. The molecule has 0 unspecified atom stereocenters. The molecule has 64 valence electrons. The van der Waals surface area contributed by atoms with Crippen molar-refractivity contribution in [3.05, 3.63) is 0 Å². The SMILES string of the molecule is CCCCC.O=S(=O)(F)F. The summed E-state index contributed by atoms with van der Waals surface area (Å²) in [7, 11) is -5.67. The highest BCUT2D eigenvalue weighted by Gasteiger charge is 1.94. The Kier molecular flexibility index (Phi) is 8.64.